The second-order valence-corrected chi connectivity index (χ2v) is 11.1. The van der Waals surface area contributed by atoms with Crippen LogP contribution in [0.25, 0.3) is 0 Å². The van der Waals surface area contributed by atoms with Gasteiger partial charge in [0, 0.05) is 49.5 Å². The van der Waals surface area contributed by atoms with Crippen molar-refractivity contribution in [1.82, 2.24) is 9.80 Å². The van der Waals surface area contributed by atoms with Crippen molar-refractivity contribution >= 4 is 27.5 Å². The van der Waals surface area contributed by atoms with Crippen LogP contribution in [0.5, 0.6) is 0 Å². The minimum absolute atomic E-state index is 0.0779. The summed E-state index contributed by atoms with van der Waals surface area (Å²) in [7, 11) is -2.87. The molecule has 4 rings (SSSR count). The van der Waals surface area contributed by atoms with Crippen LogP contribution in [0.4, 0.5) is 0 Å². The molecule has 6 nitrogen and oxygen atoms in total. The molecular weight excluding hydrogens is 396 g/mol. The lowest BCUT2D eigenvalue weighted by atomic mass is 10.1. The molecule has 1 aromatic rings. The van der Waals surface area contributed by atoms with E-state index in [1.165, 1.54) is 0 Å². The van der Waals surface area contributed by atoms with Crippen molar-refractivity contribution in [2.24, 2.45) is 0 Å². The highest BCUT2D eigenvalue weighted by Gasteiger charge is 2.34. The molecule has 3 fully saturated rings. The molecule has 8 heteroatoms. The van der Waals surface area contributed by atoms with Crippen LogP contribution in [0.3, 0.4) is 0 Å². The van der Waals surface area contributed by atoms with Gasteiger partial charge in [0.1, 0.15) is 0 Å². The molecule has 0 radical (unpaired) electrons. The second-order valence-electron chi connectivity index (χ2n) is 7.83. The number of carbonyl (C=O) groups is 1. The Bertz CT molecular complexity index is 800. The van der Waals surface area contributed by atoms with Gasteiger partial charge in [-0.25, -0.2) is 8.42 Å². The summed E-state index contributed by atoms with van der Waals surface area (Å²) in [5.41, 5.74) is 0.766. The van der Waals surface area contributed by atoms with E-state index in [-0.39, 0.29) is 17.7 Å². The van der Waals surface area contributed by atoms with Crippen molar-refractivity contribution in [3.05, 3.63) is 29.8 Å². The smallest absolute Gasteiger partial charge is 0.255 e. The molecular formula is C20H28N2O4S2. The summed E-state index contributed by atoms with van der Waals surface area (Å²) < 4.78 is 29.2. The molecule has 0 N–H and O–H groups in total. The van der Waals surface area contributed by atoms with Gasteiger partial charge >= 0.3 is 0 Å². The highest BCUT2D eigenvalue weighted by molar-refractivity contribution is 7.99. The van der Waals surface area contributed by atoms with Gasteiger partial charge in [-0.2, -0.15) is 0 Å². The molecule has 3 aliphatic heterocycles. The van der Waals surface area contributed by atoms with E-state index in [0.717, 1.165) is 55.2 Å². The molecule has 1 amide bonds. The first kappa shape index (κ1) is 20.2. The normalized spacial score (nSPS) is 27.9. The van der Waals surface area contributed by atoms with Gasteiger partial charge in [-0.15, -0.1) is 11.8 Å². The Hall–Kier alpha value is -1.09. The first-order chi connectivity index (χ1) is 13.5. The molecule has 0 bridgehead atoms. The van der Waals surface area contributed by atoms with Gasteiger partial charge in [0.05, 0.1) is 23.2 Å². The third kappa shape index (κ3) is 4.72. The first-order valence-corrected chi connectivity index (χ1v) is 12.9. The lowest BCUT2D eigenvalue weighted by molar-refractivity contribution is 0.0584. The van der Waals surface area contributed by atoms with Crippen LogP contribution in [-0.4, -0.2) is 86.3 Å². The van der Waals surface area contributed by atoms with Gasteiger partial charge in [-0.3, -0.25) is 9.69 Å². The number of amides is 1. The maximum Gasteiger partial charge on any atom is 0.255 e. The molecule has 3 aliphatic rings. The lowest BCUT2D eigenvalue weighted by Gasteiger charge is -2.37. The van der Waals surface area contributed by atoms with E-state index in [0.29, 0.717) is 24.9 Å². The number of benzene rings is 1. The molecule has 3 heterocycles. The highest BCUT2D eigenvalue weighted by atomic mass is 32.2. The zero-order chi connectivity index (χ0) is 19.6. The first-order valence-electron chi connectivity index (χ1n) is 10.1. The van der Waals surface area contributed by atoms with Gasteiger partial charge in [-0.05, 0) is 31.4 Å². The molecule has 0 unspecified atom stereocenters. The molecule has 28 heavy (non-hydrogen) atoms. The van der Waals surface area contributed by atoms with E-state index in [4.69, 9.17) is 4.74 Å². The third-order valence-corrected chi connectivity index (χ3v) is 8.85. The maximum atomic E-state index is 13.1. The van der Waals surface area contributed by atoms with Gasteiger partial charge in [-0.1, -0.05) is 12.1 Å². The maximum absolute atomic E-state index is 13.1. The predicted octanol–water partition coefficient (Wildman–Crippen LogP) is 1.90. The van der Waals surface area contributed by atoms with E-state index >= 15 is 0 Å². The van der Waals surface area contributed by atoms with Gasteiger partial charge in [0.2, 0.25) is 0 Å². The number of ether oxygens (including phenoxy) is 1. The lowest BCUT2D eigenvalue weighted by Crippen LogP contribution is -2.52. The second kappa shape index (κ2) is 8.73. The third-order valence-electron chi connectivity index (χ3n) is 5.89. The molecule has 0 aromatic heterocycles. The fourth-order valence-electron chi connectivity index (χ4n) is 4.25. The number of rotatable bonds is 5. The molecule has 3 saturated heterocycles. The molecule has 0 aliphatic carbocycles. The summed E-state index contributed by atoms with van der Waals surface area (Å²) in [6.45, 7) is 3.65. The fourth-order valence-corrected chi connectivity index (χ4v) is 7.13. The van der Waals surface area contributed by atoms with Crippen LogP contribution >= 0.6 is 11.8 Å². The zero-order valence-electron chi connectivity index (χ0n) is 16.1. The Morgan fingerprint density at radius 3 is 2.61 bits per heavy atom. The number of nitrogens with zero attached hydrogens (tertiary/aromatic N) is 2. The summed E-state index contributed by atoms with van der Waals surface area (Å²) in [5, 5.41) is 0. The van der Waals surface area contributed by atoms with Crippen LogP contribution in [0.1, 0.15) is 29.6 Å². The van der Waals surface area contributed by atoms with E-state index in [2.05, 4.69) is 4.90 Å². The minimum Gasteiger partial charge on any atom is -0.377 e. The Morgan fingerprint density at radius 1 is 1.14 bits per heavy atom. The van der Waals surface area contributed by atoms with E-state index in [1.54, 1.807) is 11.8 Å². The monoisotopic (exact) mass is 424 g/mol. The Labute approximate surface area is 171 Å². The van der Waals surface area contributed by atoms with Crippen LogP contribution < -0.4 is 0 Å². The summed E-state index contributed by atoms with van der Waals surface area (Å²) >= 11 is 1.71. The summed E-state index contributed by atoms with van der Waals surface area (Å²) in [5.74, 6) is 1.53. The summed E-state index contributed by atoms with van der Waals surface area (Å²) in [4.78, 5) is 18.3. The van der Waals surface area contributed by atoms with Gasteiger partial charge < -0.3 is 9.64 Å². The van der Waals surface area contributed by atoms with Crippen molar-refractivity contribution in [3.63, 3.8) is 0 Å². The van der Waals surface area contributed by atoms with Crippen molar-refractivity contribution < 1.29 is 17.9 Å². The minimum atomic E-state index is -2.87. The zero-order valence-corrected chi connectivity index (χ0v) is 17.7. The molecule has 154 valence electrons. The number of carbonyl (C=O) groups excluding carboxylic acids is 1. The molecule has 0 spiro atoms. The number of piperazine rings is 1. The van der Waals surface area contributed by atoms with Crippen molar-refractivity contribution in [2.45, 2.75) is 36.3 Å². The average molecular weight is 425 g/mol. The number of sulfone groups is 1. The largest absolute Gasteiger partial charge is 0.377 e. The van der Waals surface area contributed by atoms with Gasteiger partial charge in [0.25, 0.3) is 5.91 Å². The van der Waals surface area contributed by atoms with Crippen molar-refractivity contribution in [3.8, 4) is 0 Å². The van der Waals surface area contributed by atoms with E-state index < -0.39 is 9.84 Å². The van der Waals surface area contributed by atoms with E-state index in [9.17, 15) is 13.2 Å². The Morgan fingerprint density at radius 2 is 1.93 bits per heavy atom. The van der Waals surface area contributed by atoms with Crippen molar-refractivity contribution in [1.29, 1.82) is 0 Å². The number of hydrogen-bond donors (Lipinski definition) is 0. The van der Waals surface area contributed by atoms with Crippen molar-refractivity contribution in [2.75, 3.05) is 50.0 Å². The van der Waals surface area contributed by atoms with Crippen LogP contribution in [0.2, 0.25) is 0 Å². The summed E-state index contributed by atoms with van der Waals surface area (Å²) in [6.07, 6.45) is 3.23. The standard InChI is InChI=1S/C20H28N2O4S2/c23-20(18-5-1-2-6-19(18)27-14-17-4-3-12-26-17)22-10-8-21(9-11-22)16-7-13-28(24,25)15-16/h1-2,5-6,16-17H,3-4,7-15H2/t16-,17+/m1/s1. The van der Waals surface area contributed by atoms with Crippen LogP contribution in [0.15, 0.2) is 29.2 Å². The average Bonchev–Trinajstić information content (AvgIpc) is 3.35. The predicted molar refractivity (Wildman–Crippen MR) is 111 cm³/mol. The summed E-state index contributed by atoms with van der Waals surface area (Å²) in [6, 6.07) is 7.95. The fraction of sp³-hybridized carbons (Fsp3) is 0.650. The topological polar surface area (TPSA) is 66.9 Å². The Balaban J connectivity index is 1.35. The SMILES string of the molecule is O=C(c1ccccc1SC[C@@H]1CCCO1)N1CCN([C@@H]2CCS(=O)(=O)C2)CC1. The molecule has 1 aromatic carbocycles. The van der Waals surface area contributed by atoms with E-state index in [1.807, 2.05) is 29.2 Å². The number of thioether (sulfide) groups is 1. The molecule has 2 atom stereocenters. The van der Waals surface area contributed by atoms with Crippen LogP contribution in [-0.2, 0) is 14.6 Å². The van der Waals surface area contributed by atoms with Crippen LogP contribution in [0, 0.1) is 0 Å². The Kier molecular flexibility index (Phi) is 6.30. The molecule has 0 saturated carbocycles. The number of hydrogen-bond acceptors (Lipinski definition) is 6. The highest BCUT2D eigenvalue weighted by Crippen LogP contribution is 2.28. The van der Waals surface area contributed by atoms with Gasteiger partial charge in [0.15, 0.2) is 9.84 Å². The quantitative estimate of drug-likeness (QED) is 0.673.